The number of carbonyl (C=O) groups is 1. The molecule has 0 atom stereocenters. The number of rotatable bonds is 4. The van der Waals surface area contributed by atoms with E-state index in [1.807, 2.05) is 17.0 Å². The van der Waals surface area contributed by atoms with Gasteiger partial charge in [0.2, 0.25) is 5.91 Å². The molecule has 2 nitrogen and oxygen atoms in total. The van der Waals surface area contributed by atoms with Gasteiger partial charge >= 0.3 is 0 Å². The van der Waals surface area contributed by atoms with Gasteiger partial charge in [0, 0.05) is 23.3 Å². The van der Waals surface area contributed by atoms with E-state index in [2.05, 4.69) is 52.3 Å². The molecule has 0 saturated carbocycles. The summed E-state index contributed by atoms with van der Waals surface area (Å²) < 4.78 is 1.09. The second-order valence-electron chi connectivity index (χ2n) is 5.45. The van der Waals surface area contributed by atoms with E-state index in [-0.39, 0.29) is 5.91 Å². The van der Waals surface area contributed by atoms with Crippen LogP contribution in [0.25, 0.3) is 0 Å². The molecule has 1 aliphatic rings. The average molecular weight is 376 g/mol. The number of hydrogen-bond acceptors (Lipinski definition) is 2. The van der Waals surface area contributed by atoms with Gasteiger partial charge in [-0.1, -0.05) is 52.3 Å². The molecular formula is C18H18BrNOS. The van der Waals surface area contributed by atoms with E-state index < -0.39 is 0 Å². The highest BCUT2D eigenvalue weighted by atomic mass is 79.9. The Bertz CT molecular complexity index is 656. The Balaban J connectivity index is 1.50. The summed E-state index contributed by atoms with van der Waals surface area (Å²) in [6.45, 7) is 1.60. The van der Waals surface area contributed by atoms with E-state index >= 15 is 0 Å². The number of nitrogens with zero attached hydrogens (tertiary/aromatic N) is 1. The molecule has 0 aromatic heterocycles. The van der Waals surface area contributed by atoms with Crippen LogP contribution in [0.1, 0.15) is 16.7 Å². The summed E-state index contributed by atoms with van der Waals surface area (Å²) in [5.41, 5.74) is 3.93. The van der Waals surface area contributed by atoms with Gasteiger partial charge in [-0.15, -0.1) is 11.8 Å². The molecule has 0 radical (unpaired) electrons. The molecule has 1 amide bonds. The zero-order chi connectivity index (χ0) is 15.4. The van der Waals surface area contributed by atoms with E-state index in [4.69, 9.17) is 0 Å². The molecule has 0 spiro atoms. The van der Waals surface area contributed by atoms with Crippen molar-refractivity contribution in [2.24, 2.45) is 0 Å². The summed E-state index contributed by atoms with van der Waals surface area (Å²) >= 11 is 5.12. The lowest BCUT2D eigenvalue weighted by Gasteiger charge is -2.28. The highest BCUT2D eigenvalue weighted by Crippen LogP contribution is 2.20. The minimum absolute atomic E-state index is 0.247. The summed E-state index contributed by atoms with van der Waals surface area (Å²) in [7, 11) is 0. The third kappa shape index (κ3) is 3.93. The van der Waals surface area contributed by atoms with Gasteiger partial charge in [0.25, 0.3) is 0 Å². The van der Waals surface area contributed by atoms with Crippen LogP contribution < -0.4 is 0 Å². The van der Waals surface area contributed by atoms with Crippen LogP contribution in [-0.2, 0) is 23.5 Å². The van der Waals surface area contributed by atoms with Crippen LogP contribution in [0.3, 0.4) is 0 Å². The van der Waals surface area contributed by atoms with Gasteiger partial charge in [-0.25, -0.2) is 0 Å². The van der Waals surface area contributed by atoms with E-state index in [9.17, 15) is 4.79 Å². The summed E-state index contributed by atoms with van der Waals surface area (Å²) in [6.07, 6.45) is 0.972. The molecule has 1 aliphatic heterocycles. The average Bonchev–Trinajstić information content (AvgIpc) is 2.56. The zero-order valence-corrected chi connectivity index (χ0v) is 14.7. The first-order valence-electron chi connectivity index (χ1n) is 7.39. The van der Waals surface area contributed by atoms with Crippen molar-refractivity contribution in [1.29, 1.82) is 0 Å². The van der Waals surface area contributed by atoms with Crippen LogP contribution in [-0.4, -0.2) is 23.1 Å². The van der Waals surface area contributed by atoms with Crippen molar-refractivity contribution in [3.05, 3.63) is 69.7 Å². The fourth-order valence-electron chi connectivity index (χ4n) is 2.64. The van der Waals surface area contributed by atoms with Gasteiger partial charge in [0.05, 0.1) is 5.75 Å². The van der Waals surface area contributed by atoms with Gasteiger partial charge in [0.1, 0.15) is 0 Å². The van der Waals surface area contributed by atoms with Gasteiger partial charge < -0.3 is 4.90 Å². The topological polar surface area (TPSA) is 20.3 Å². The molecule has 0 saturated heterocycles. The van der Waals surface area contributed by atoms with Crippen molar-refractivity contribution in [2.75, 3.05) is 12.3 Å². The van der Waals surface area contributed by atoms with Crippen molar-refractivity contribution in [3.63, 3.8) is 0 Å². The Morgan fingerprint density at radius 2 is 1.82 bits per heavy atom. The number of halogens is 1. The zero-order valence-electron chi connectivity index (χ0n) is 12.3. The normalized spacial score (nSPS) is 13.8. The Kier molecular flexibility index (Phi) is 5.21. The summed E-state index contributed by atoms with van der Waals surface area (Å²) in [6, 6.07) is 16.7. The van der Waals surface area contributed by atoms with E-state index in [1.165, 1.54) is 16.7 Å². The van der Waals surface area contributed by atoms with E-state index in [0.29, 0.717) is 5.75 Å². The van der Waals surface area contributed by atoms with Crippen LogP contribution in [0.15, 0.2) is 53.0 Å². The fraction of sp³-hybridized carbons (Fsp3) is 0.278. The number of thioether (sulfide) groups is 1. The van der Waals surface area contributed by atoms with Crippen molar-refractivity contribution >= 4 is 33.6 Å². The number of fused-ring (bicyclic) bond motifs is 1. The van der Waals surface area contributed by atoms with Crippen molar-refractivity contribution in [1.82, 2.24) is 4.90 Å². The number of amides is 1. The highest BCUT2D eigenvalue weighted by molar-refractivity contribution is 9.10. The second kappa shape index (κ2) is 7.34. The maximum atomic E-state index is 12.3. The third-order valence-corrected chi connectivity index (χ3v) is 5.41. The monoisotopic (exact) mass is 375 g/mol. The lowest BCUT2D eigenvalue weighted by Crippen LogP contribution is -2.37. The van der Waals surface area contributed by atoms with Crippen LogP contribution in [0.4, 0.5) is 0 Å². The molecule has 0 aliphatic carbocycles. The quantitative estimate of drug-likeness (QED) is 0.795. The lowest BCUT2D eigenvalue weighted by atomic mass is 10.00. The third-order valence-electron chi connectivity index (χ3n) is 3.89. The lowest BCUT2D eigenvalue weighted by molar-refractivity contribution is -0.129. The Morgan fingerprint density at radius 1 is 1.09 bits per heavy atom. The van der Waals surface area contributed by atoms with Crippen LogP contribution >= 0.6 is 27.7 Å². The van der Waals surface area contributed by atoms with Gasteiger partial charge in [-0.2, -0.15) is 0 Å². The number of benzene rings is 2. The van der Waals surface area contributed by atoms with Crippen LogP contribution in [0, 0.1) is 0 Å². The minimum atomic E-state index is 0.247. The molecule has 3 rings (SSSR count). The molecule has 0 fully saturated rings. The Labute approximate surface area is 144 Å². The first-order valence-corrected chi connectivity index (χ1v) is 9.34. The number of carbonyl (C=O) groups excluding carboxylic acids is 1. The summed E-state index contributed by atoms with van der Waals surface area (Å²) in [4.78, 5) is 14.3. The van der Waals surface area contributed by atoms with Crippen LogP contribution in [0.2, 0.25) is 0 Å². The molecule has 4 heteroatoms. The molecule has 0 bridgehead atoms. The first-order chi connectivity index (χ1) is 10.7. The largest absolute Gasteiger partial charge is 0.337 e. The van der Waals surface area contributed by atoms with Gasteiger partial charge in [0.15, 0.2) is 0 Å². The molecule has 2 aromatic rings. The highest BCUT2D eigenvalue weighted by Gasteiger charge is 2.19. The van der Waals surface area contributed by atoms with Crippen molar-refractivity contribution in [2.45, 2.75) is 18.7 Å². The molecule has 0 unspecified atom stereocenters. The molecule has 1 heterocycles. The molecule has 114 valence electrons. The second-order valence-corrected chi connectivity index (χ2v) is 7.35. The Morgan fingerprint density at radius 3 is 2.59 bits per heavy atom. The fourth-order valence-corrected chi connectivity index (χ4v) is 3.79. The minimum Gasteiger partial charge on any atom is -0.337 e. The summed E-state index contributed by atoms with van der Waals surface area (Å²) in [5.74, 6) is 1.68. The molecular weight excluding hydrogens is 358 g/mol. The standard InChI is InChI=1S/C18H18BrNOS/c19-17-7-5-14(6-8-17)12-22-13-18(21)20-10-9-15-3-1-2-4-16(15)11-20/h1-8H,9-13H2. The van der Waals surface area contributed by atoms with Gasteiger partial charge in [-0.3, -0.25) is 4.79 Å². The maximum Gasteiger partial charge on any atom is 0.232 e. The van der Waals surface area contributed by atoms with E-state index in [0.717, 1.165) is 29.7 Å². The Hall–Kier alpha value is -1.26. The predicted octanol–water partition coefficient (Wildman–Crippen LogP) is 4.27. The maximum absolute atomic E-state index is 12.3. The van der Waals surface area contributed by atoms with Gasteiger partial charge in [-0.05, 0) is 35.2 Å². The SMILES string of the molecule is O=C(CSCc1ccc(Br)cc1)N1CCc2ccccc2C1. The molecule has 2 aromatic carbocycles. The molecule has 22 heavy (non-hydrogen) atoms. The first kappa shape index (κ1) is 15.6. The van der Waals surface area contributed by atoms with Crippen molar-refractivity contribution < 1.29 is 4.79 Å². The molecule has 0 N–H and O–H groups in total. The summed E-state index contributed by atoms with van der Waals surface area (Å²) in [5, 5.41) is 0. The van der Waals surface area contributed by atoms with Crippen LogP contribution in [0.5, 0.6) is 0 Å². The smallest absolute Gasteiger partial charge is 0.232 e. The van der Waals surface area contributed by atoms with Crippen molar-refractivity contribution in [3.8, 4) is 0 Å². The van der Waals surface area contributed by atoms with E-state index in [1.54, 1.807) is 11.8 Å². The predicted molar refractivity (Wildman–Crippen MR) is 95.9 cm³/mol. The number of hydrogen-bond donors (Lipinski definition) is 0.